The third kappa shape index (κ3) is 5.73. The number of esters is 1. The lowest BCUT2D eigenvalue weighted by atomic mass is 9.72. The van der Waals surface area contributed by atoms with Crippen LogP contribution in [0.1, 0.15) is 54.9 Å². The normalized spacial score (nSPS) is 15.9. The fourth-order valence-corrected chi connectivity index (χ4v) is 5.39. The van der Waals surface area contributed by atoms with Gasteiger partial charge in [-0.15, -0.1) is 11.3 Å². The van der Waals surface area contributed by atoms with E-state index < -0.39 is 5.97 Å². The molecule has 5 nitrogen and oxygen atoms in total. The standard InChI is InChI=1S/C23H27Cl2NO4S/c1-5-29-22(28)20-15-8-6-13(23(2,3)4)10-18(15)31-21(20)26-19(27)12-30-17-11-14(24)7-9-16(17)25/h7,9,11,13H,5-6,8,10,12H2,1-4H3,(H,26,27)/t13-/m0/s1. The molecular weight excluding hydrogens is 457 g/mol. The molecule has 1 aromatic carbocycles. The second-order valence-corrected chi connectivity index (χ2v) is 10.6. The van der Waals surface area contributed by atoms with Gasteiger partial charge in [0.25, 0.3) is 5.91 Å². The number of ether oxygens (including phenoxy) is 2. The first-order valence-corrected chi connectivity index (χ1v) is 11.9. The second kappa shape index (κ2) is 9.80. The molecule has 0 bridgehead atoms. The highest BCUT2D eigenvalue weighted by Gasteiger charge is 2.34. The Bertz CT molecular complexity index is 981. The number of fused-ring (bicyclic) bond motifs is 1. The van der Waals surface area contributed by atoms with Crippen LogP contribution in [0, 0.1) is 11.3 Å². The topological polar surface area (TPSA) is 64.6 Å². The van der Waals surface area contributed by atoms with Gasteiger partial charge in [0.05, 0.1) is 17.2 Å². The van der Waals surface area contributed by atoms with E-state index in [4.69, 9.17) is 32.7 Å². The number of rotatable bonds is 6. The summed E-state index contributed by atoms with van der Waals surface area (Å²) < 4.78 is 10.8. The molecule has 2 aromatic rings. The quantitative estimate of drug-likeness (QED) is 0.482. The number of amides is 1. The number of nitrogens with one attached hydrogen (secondary N) is 1. The van der Waals surface area contributed by atoms with Crippen molar-refractivity contribution in [1.82, 2.24) is 0 Å². The molecule has 0 radical (unpaired) electrons. The summed E-state index contributed by atoms with van der Waals surface area (Å²) in [5, 5.41) is 4.19. The van der Waals surface area contributed by atoms with Crippen LogP contribution in [0.5, 0.6) is 5.75 Å². The summed E-state index contributed by atoms with van der Waals surface area (Å²) in [6, 6.07) is 4.80. The van der Waals surface area contributed by atoms with Crippen molar-refractivity contribution in [2.75, 3.05) is 18.5 Å². The highest BCUT2D eigenvalue weighted by Crippen LogP contribution is 2.44. The third-order valence-corrected chi connectivity index (χ3v) is 7.19. The zero-order valence-corrected chi connectivity index (χ0v) is 20.5. The maximum Gasteiger partial charge on any atom is 0.341 e. The average Bonchev–Trinajstić information content (AvgIpc) is 3.05. The molecule has 31 heavy (non-hydrogen) atoms. The van der Waals surface area contributed by atoms with Crippen LogP contribution in [-0.4, -0.2) is 25.1 Å². The number of hydrogen-bond acceptors (Lipinski definition) is 5. The van der Waals surface area contributed by atoms with E-state index in [1.54, 1.807) is 25.1 Å². The second-order valence-electron chi connectivity index (χ2n) is 8.65. The van der Waals surface area contributed by atoms with Crippen LogP contribution in [-0.2, 0) is 22.4 Å². The molecule has 0 aliphatic heterocycles. The van der Waals surface area contributed by atoms with Gasteiger partial charge < -0.3 is 14.8 Å². The molecule has 1 N–H and O–H groups in total. The van der Waals surface area contributed by atoms with Gasteiger partial charge in [-0.25, -0.2) is 4.79 Å². The van der Waals surface area contributed by atoms with Crippen molar-refractivity contribution in [3.05, 3.63) is 44.2 Å². The van der Waals surface area contributed by atoms with E-state index in [2.05, 4.69) is 26.1 Å². The van der Waals surface area contributed by atoms with Gasteiger partial charge in [0.1, 0.15) is 10.8 Å². The Hall–Kier alpha value is -1.76. The molecule has 168 valence electrons. The van der Waals surface area contributed by atoms with E-state index in [1.807, 2.05) is 0 Å². The Labute approximate surface area is 197 Å². The minimum atomic E-state index is -0.400. The monoisotopic (exact) mass is 483 g/mol. The van der Waals surface area contributed by atoms with Crippen molar-refractivity contribution < 1.29 is 19.1 Å². The zero-order chi connectivity index (χ0) is 22.8. The molecule has 1 aromatic heterocycles. The minimum Gasteiger partial charge on any atom is -0.482 e. The molecule has 3 rings (SSSR count). The number of benzene rings is 1. The first-order valence-electron chi connectivity index (χ1n) is 10.3. The fourth-order valence-electron chi connectivity index (χ4n) is 3.73. The van der Waals surface area contributed by atoms with Gasteiger partial charge in [-0.05, 0) is 55.2 Å². The Balaban J connectivity index is 1.79. The van der Waals surface area contributed by atoms with Gasteiger partial charge in [0.2, 0.25) is 0 Å². The summed E-state index contributed by atoms with van der Waals surface area (Å²) >= 11 is 13.5. The summed E-state index contributed by atoms with van der Waals surface area (Å²) in [5.41, 5.74) is 1.65. The Morgan fingerprint density at radius 2 is 2.00 bits per heavy atom. The molecular formula is C23H27Cl2NO4S. The first kappa shape index (κ1) is 23.9. The van der Waals surface area contributed by atoms with Crippen molar-refractivity contribution in [2.45, 2.75) is 47.0 Å². The summed E-state index contributed by atoms with van der Waals surface area (Å²) in [7, 11) is 0. The van der Waals surface area contributed by atoms with Gasteiger partial charge in [0, 0.05) is 16.0 Å². The molecule has 8 heteroatoms. The number of carbonyl (C=O) groups excluding carboxylic acids is 2. The zero-order valence-electron chi connectivity index (χ0n) is 18.1. The molecule has 0 unspecified atom stereocenters. The number of hydrogen-bond donors (Lipinski definition) is 1. The van der Waals surface area contributed by atoms with Crippen LogP contribution in [0.3, 0.4) is 0 Å². The SMILES string of the molecule is CCOC(=O)c1c(NC(=O)COc2cc(Cl)ccc2Cl)sc2c1CC[C@H](C(C)(C)C)C2. The largest absolute Gasteiger partial charge is 0.482 e. The first-order chi connectivity index (χ1) is 14.6. The van der Waals surface area contributed by atoms with Crippen LogP contribution in [0.15, 0.2) is 18.2 Å². The smallest absolute Gasteiger partial charge is 0.341 e. The predicted molar refractivity (Wildman–Crippen MR) is 126 cm³/mol. The highest BCUT2D eigenvalue weighted by atomic mass is 35.5. The number of carbonyl (C=O) groups is 2. The molecule has 1 heterocycles. The van der Waals surface area contributed by atoms with E-state index in [0.29, 0.717) is 32.3 Å². The molecule has 1 atom stereocenters. The van der Waals surface area contributed by atoms with E-state index in [0.717, 1.165) is 29.7 Å². The van der Waals surface area contributed by atoms with Crippen molar-refractivity contribution in [1.29, 1.82) is 0 Å². The average molecular weight is 484 g/mol. The maximum absolute atomic E-state index is 12.7. The van der Waals surface area contributed by atoms with Crippen molar-refractivity contribution in [2.24, 2.45) is 11.3 Å². The van der Waals surface area contributed by atoms with E-state index in [9.17, 15) is 9.59 Å². The molecule has 0 fully saturated rings. The molecule has 0 saturated carbocycles. The van der Waals surface area contributed by atoms with Crippen molar-refractivity contribution >= 4 is 51.4 Å². The van der Waals surface area contributed by atoms with Gasteiger partial charge in [0.15, 0.2) is 6.61 Å². The summed E-state index contributed by atoms with van der Waals surface area (Å²) in [5.74, 6) is 0.0647. The Kier molecular flexibility index (Phi) is 7.55. The van der Waals surface area contributed by atoms with Gasteiger partial charge in [-0.1, -0.05) is 44.0 Å². The molecule has 1 aliphatic rings. The number of anilines is 1. The lowest BCUT2D eigenvalue weighted by Crippen LogP contribution is -2.26. The highest BCUT2D eigenvalue weighted by molar-refractivity contribution is 7.17. The lowest BCUT2D eigenvalue weighted by molar-refractivity contribution is -0.118. The van der Waals surface area contributed by atoms with Crippen molar-refractivity contribution in [3.63, 3.8) is 0 Å². The van der Waals surface area contributed by atoms with Crippen LogP contribution < -0.4 is 10.1 Å². The maximum atomic E-state index is 12.7. The fraction of sp³-hybridized carbons (Fsp3) is 0.478. The van der Waals surface area contributed by atoms with Crippen molar-refractivity contribution in [3.8, 4) is 5.75 Å². The van der Waals surface area contributed by atoms with E-state index in [-0.39, 0.29) is 24.5 Å². The molecule has 1 aliphatic carbocycles. The van der Waals surface area contributed by atoms with E-state index >= 15 is 0 Å². The van der Waals surface area contributed by atoms with Gasteiger partial charge in [-0.2, -0.15) is 0 Å². The number of thiophene rings is 1. The van der Waals surface area contributed by atoms with Crippen LogP contribution in [0.4, 0.5) is 5.00 Å². The Morgan fingerprint density at radius 3 is 2.68 bits per heavy atom. The van der Waals surface area contributed by atoms with Gasteiger partial charge >= 0.3 is 5.97 Å². The van der Waals surface area contributed by atoms with Crippen LogP contribution >= 0.6 is 34.5 Å². The minimum absolute atomic E-state index is 0.180. The van der Waals surface area contributed by atoms with Gasteiger partial charge in [-0.3, -0.25) is 4.79 Å². The number of halogens is 2. The predicted octanol–water partition coefficient (Wildman–Crippen LogP) is 6.40. The molecule has 0 spiro atoms. The molecule has 0 saturated heterocycles. The third-order valence-electron chi connectivity index (χ3n) is 5.47. The molecule has 1 amide bonds. The van der Waals surface area contributed by atoms with E-state index in [1.165, 1.54) is 11.3 Å². The summed E-state index contributed by atoms with van der Waals surface area (Å²) in [4.78, 5) is 26.4. The van der Waals surface area contributed by atoms with Crippen LogP contribution in [0.2, 0.25) is 10.0 Å². The summed E-state index contributed by atoms with van der Waals surface area (Å²) in [6.07, 6.45) is 2.69. The summed E-state index contributed by atoms with van der Waals surface area (Å²) in [6.45, 7) is 8.51. The lowest BCUT2D eigenvalue weighted by Gasteiger charge is -2.33. The van der Waals surface area contributed by atoms with Crippen LogP contribution in [0.25, 0.3) is 0 Å². The Morgan fingerprint density at radius 1 is 1.26 bits per heavy atom.